The Morgan fingerprint density at radius 3 is 2.35 bits per heavy atom. The summed E-state index contributed by atoms with van der Waals surface area (Å²) in [6, 6.07) is 29.8. The van der Waals surface area contributed by atoms with E-state index in [4.69, 9.17) is 0 Å². The lowest BCUT2D eigenvalue weighted by molar-refractivity contribution is -0.117. The van der Waals surface area contributed by atoms with Crippen molar-refractivity contribution in [2.45, 2.75) is 19.5 Å². The first-order chi connectivity index (χ1) is 15.2. The number of nitriles is 1. The number of aromatic nitrogens is 1. The number of carbonyl (C=O) groups is 1. The highest BCUT2D eigenvalue weighted by molar-refractivity contribution is 6.04. The second-order valence-electron chi connectivity index (χ2n) is 7.49. The summed E-state index contributed by atoms with van der Waals surface area (Å²) in [5.41, 5.74) is 4.19. The van der Waals surface area contributed by atoms with Crippen molar-refractivity contribution in [2.75, 3.05) is 0 Å². The Balaban J connectivity index is 1.64. The van der Waals surface area contributed by atoms with Crippen LogP contribution in [-0.4, -0.2) is 10.5 Å². The molecule has 152 valence electrons. The molecular weight excluding hydrogens is 382 g/mol. The van der Waals surface area contributed by atoms with Gasteiger partial charge in [0.1, 0.15) is 11.6 Å². The highest BCUT2D eigenvalue weighted by Gasteiger charge is 2.15. The number of para-hydroxylation sites is 1. The third-order valence-electron chi connectivity index (χ3n) is 5.33. The number of nitrogens with zero attached hydrogens (tertiary/aromatic N) is 2. The van der Waals surface area contributed by atoms with Crippen LogP contribution in [0.5, 0.6) is 0 Å². The van der Waals surface area contributed by atoms with Crippen molar-refractivity contribution in [1.82, 2.24) is 9.88 Å². The SMILES string of the molecule is C[C@H](NC(=O)/C(C#N)=C/c1cn(Cc2ccccc2)c2ccccc12)c1ccccc1. The third-order valence-corrected chi connectivity index (χ3v) is 5.33. The van der Waals surface area contributed by atoms with E-state index in [0.717, 1.165) is 22.0 Å². The normalized spacial score (nSPS) is 12.3. The molecule has 0 saturated carbocycles. The van der Waals surface area contributed by atoms with Gasteiger partial charge in [0.2, 0.25) is 0 Å². The summed E-state index contributed by atoms with van der Waals surface area (Å²) in [5, 5.41) is 13.6. The van der Waals surface area contributed by atoms with Gasteiger partial charge in [-0.05, 0) is 30.2 Å². The molecule has 0 aliphatic carbocycles. The van der Waals surface area contributed by atoms with Crippen molar-refractivity contribution < 1.29 is 4.79 Å². The summed E-state index contributed by atoms with van der Waals surface area (Å²) in [5.74, 6) is -0.376. The third kappa shape index (κ3) is 4.57. The van der Waals surface area contributed by atoms with Crippen molar-refractivity contribution >= 4 is 22.9 Å². The van der Waals surface area contributed by atoms with E-state index >= 15 is 0 Å². The van der Waals surface area contributed by atoms with Gasteiger partial charge >= 0.3 is 0 Å². The lowest BCUT2D eigenvalue weighted by Crippen LogP contribution is -2.27. The molecule has 0 saturated heterocycles. The fraction of sp³-hybridized carbons (Fsp3) is 0.111. The van der Waals surface area contributed by atoms with Crippen molar-refractivity contribution in [2.24, 2.45) is 0 Å². The van der Waals surface area contributed by atoms with Crippen LogP contribution in [-0.2, 0) is 11.3 Å². The molecule has 0 unspecified atom stereocenters. The van der Waals surface area contributed by atoms with E-state index in [9.17, 15) is 10.1 Å². The van der Waals surface area contributed by atoms with Gasteiger partial charge in [0, 0.05) is 29.2 Å². The number of fused-ring (bicyclic) bond motifs is 1. The van der Waals surface area contributed by atoms with E-state index in [-0.39, 0.29) is 17.5 Å². The van der Waals surface area contributed by atoms with Crippen LogP contribution in [0.15, 0.2) is 96.7 Å². The quantitative estimate of drug-likeness (QED) is 0.341. The summed E-state index contributed by atoms with van der Waals surface area (Å²) in [6.07, 6.45) is 3.68. The Hall–Kier alpha value is -4.10. The maximum Gasteiger partial charge on any atom is 0.262 e. The smallest absolute Gasteiger partial charge is 0.262 e. The molecule has 1 atom stereocenters. The summed E-state index contributed by atoms with van der Waals surface area (Å²) in [4.78, 5) is 12.8. The molecule has 0 fully saturated rings. The second kappa shape index (κ2) is 9.15. The van der Waals surface area contributed by atoms with Crippen LogP contribution < -0.4 is 5.32 Å². The Morgan fingerprint density at radius 1 is 1.00 bits per heavy atom. The Bertz CT molecular complexity index is 1260. The van der Waals surface area contributed by atoms with Crippen molar-refractivity contribution in [1.29, 1.82) is 5.26 Å². The summed E-state index contributed by atoms with van der Waals surface area (Å²) < 4.78 is 2.15. The molecule has 1 heterocycles. The van der Waals surface area contributed by atoms with Crippen LogP contribution in [0.25, 0.3) is 17.0 Å². The first-order valence-electron chi connectivity index (χ1n) is 10.2. The van der Waals surface area contributed by atoms with E-state index in [1.165, 1.54) is 5.56 Å². The van der Waals surface area contributed by atoms with E-state index in [1.54, 1.807) is 6.08 Å². The average Bonchev–Trinajstić information content (AvgIpc) is 3.15. The maximum atomic E-state index is 12.8. The molecule has 4 rings (SSSR count). The van der Waals surface area contributed by atoms with Crippen LogP contribution in [0.1, 0.15) is 29.7 Å². The second-order valence-corrected chi connectivity index (χ2v) is 7.49. The monoisotopic (exact) mass is 405 g/mol. The predicted molar refractivity (Wildman–Crippen MR) is 124 cm³/mol. The van der Waals surface area contributed by atoms with E-state index in [1.807, 2.05) is 79.9 Å². The number of hydrogen-bond acceptors (Lipinski definition) is 2. The number of hydrogen-bond donors (Lipinski definition) is 1. The van der Waals surface area contributed by atoms with Crippen LogP contribution in [0.3, 0.4) is 0 Å². The number of benzene rings is 3. The zero-order valence-electron chi connectivity index (χ0n) is 17.3. The molecule has 1 amide bonds. The van der Waals surface area contributed by atoms with Crippen LogP contribution in [0.4, 0.5) is 0 Å². The minimum Gasteiger partial charge on any atom is -0.345 e. The Labute approximate surface area is 182 Å². The average molecular weight is 406 g/mol. The zero-order chi connectivity index (χ0) is 21.6. The molecule has 0 radical (unpaired) electrons. The minimum absolute atomic E-state index is 0.0883. The fourth-order valence-electron chi connectivity index (χ4n) is 3.70. The van der Waals surface area contributed by atoms with E-state index < -0.39 is 0 Å². The summed E-state index contributed by atoms with van der Waals surface area (Å²) >= 11 is 0. The van der Waals surface area contributed by atoms with Gasteiger partial charge in [-0.2, -0.15) is 5.26 Å². The van der Waals surface area contributed by atoms with Gasteiger partial charge in [-0.1, -0.05) is 78.9 Å². The summed E-state index contributed by atoms with van der Waals surface area (Å²) in [6.45, 7) is 2.63. The summed E-state index contributed by atoms with van der Waals surface area (Å²) in [7, 11) is 0. The van der Waals surface area contributed by atoms with Gasteiger partial charge in [0.25, 0.3) is 5.91 Å². The zero-order valence-corrected chi connectivity index (χ0v) is 17.3. The van der Waals surface area contributed by atoms with Gasteiger partial charge in [-0.15, -0.1) is 0 Å². The van der Waals surface area contributed by atoms with Gasteiger partial charge in [0.05, 0.1) is 6.04 Å². The molecule has 4 aromatic rings. The molecule has 0 bridgehead atoms. The van der Waals surface area contributed by atoms with Gasteiger partial charge in [-0.3, -0.25) is 4.79 Å². The molecule has 0 aliphatic rings. The van der Waals surface area contributed by atoms with Crippen LogP contribution in [0.2, 0.25) is 0 Å². The highest BCUT2D eigenvalue weighted by atomic mass is 16.1. The first kappa shape index (κ1) is 20.2. The van der Waals surface area contributed by atoms with Crippen LogP contribution in [0, 0.1) is 11.3 Å². The molecule has 4 heteroatoms. The molecule has 1 N–H and O–H groups in total. The van der Waals surface area contributed by atoms with Crippen LogP contribution >= 0.6 is 0 Å². The van der Waals surface area contributed by atoms with E-state index in [0.29, 0.717) is 6.54 Å². The topological polar surface area (TPSA) is 57.8 Å². The number of rotatable bonds is 6. The molecule has 1 aromatic heterocycles. The molecule has 31 heavy (non-hydrogen) atoms. The molecular formula is C27H23N3O. The first-order valence-corrected chi connectivity index (χ1v) is 10.2. The number of nitrogens with one attached hydrogen (secondary N) is 1. The number of carbonyl (C=O) groups excluding carboxylic acids is 1. The van der Waals surface area contributed by atoms with E-state index in [2.05, 4.69) is 34.2 Å². The minimum atomic E-state index is -0.376. The number of amides is 1. The Kier molecular flexibility index (Phi) is 5.96. The van der Waals surface area contributed by atoms with Gasteiger partial charge in [-0.25, -0.2) is 0 Å². The molecule has 0 spiro atoms. The van der Waals surface area contributed by atoms with Crippen molar-refractivity contribution in [3.63, 3.8) is 0 Å². The van der Waals surface area contributed by atoms with Gasteiger partial charge in [0.15, 0.2) is 0 Å². The lowest BCUT2D eigenvalue weighted by atomic mass is 10.1. The lowest BCUT2D eigenvalue weighted by Gasteiger charge is -2.13. The standard InChI is InChI=1S/C27H23N3O/c1-20(22-12-6-3-7-13-22)29-27(31)23(17-28)16-24-19-30(18-21-10-4-2-5-11-21)26-15-9-8-14-25(24)26/h2-16,19-20H,18H2,1H3,(H,29,31)/b23-16+/t20-/m0/s1. The predicted octanol–water partition coefficient (Wildman–Crippen LogP) is 5.47. The fourth-order valence-corrected chi connectivity index (χ4v) is 3.70. The van der Waals surface area contributed by atoms with Gasteiger partial charge < -0.3 is 9.88 Å². The molecule has 3 aromatic carbocycles. The van der Waals surface area contributed by atoms with Crippen molar-refractivity contribution in [3.8, 4) is 6.07 Å². The Morgan fingerprint density at radius 2 is 1.65 bits per heavy atom. The maximum absolute atomic E-state index is 12.8. The molecule has 4 nitrogen and oxygen atoms in total. The molecule has 0 aliphatic heterocycles. The largest absolute Gasteiger partial charge is 0.345 e. The highest BCUT2D eigenvalue weighted by Crippen LogP contribution is 2.25. The van der Waals surface area contributed by atoms with Crippen molar-refractivity contribution in [3.05, 3.63) is 113 Å².